The topological polar surface area (TPSA) is 102 Å². The first-order valence-corrected chi connectivity index (χ1v) is 7.07. The lowest BCUT2D eigenvalue weighted by Gasteiger charge is -2.45. The van der Waals surface area contributed by atoms with Crippen LogP contribution in [0, 0.1) is 10.8 Å². The molecule has 1 aromatic heterocycles. The highest BCUT2D eigenvalue weighted by molar-refractivity contribution is 5.50. The molecule has 0 unspecified atom stereocenters. The Morgan fingerprint density at radius 1 is 1.10 bits per heavy atom. The number of hydrogen-bond donors (Lipinski definition) is 4. The second-order valence-corrected chi connectivity index (χ2v) is 7.40. The molecule has 1 fully saturated rings. The van der Waals surface area contributed by atoms with E-state index < -0.39 is 0 Å². The van der Waals surface area contributed by atoms with Crippen LogP contribution >= 0.6 is 0 Å². The zero-order valence-corrected chi connectivity index (χ0v) is 12.8. The summed E-state index contributed by atoms with van der Waals surface area (Å²) in [5, 5.41) is 3.48. The minimum Gasteiger partial charge on any atom is -0.368 e. The predicted molar refractivity (Wildman–Crippen MR) is 83.1 cm³/mol. The number of nitrogen functional groups attached to an aromatic ring is 2. The summed E-state index contributed by atoms with van der Waals surface area (Å²) in [6, 6.07) is 2.17. The van der Waals surface area contributed by atoms with Gasteiger partial charge in [0.2, 0.25) is 5.95 Å². The molecule has 1 aromatic rings. The van der Waals surface area contributed by atoms with Crippen LogP contribution in [-0.2, 0) is 0 Å². The standard InChI is InChI=1S/C14H26N6/c1-13(2)6-9(7-14(3,4)8-13)17-10-5-11(20-16)19-12(15)18-10/h5,9H,6-8,16H2,1-4H3,(H4,15,17,18,19,20). The van der Waals surface area contributed by atoms with Gasteiger partial charge in [0.15, 0.2) is 0 Å². The summed E-state index contributed by atoms with van der Waals surface area (Å²) >= 11 is 0. The molecular formula is C14H26N6. The van der Waals surface area contributed by atoms with Crippen molar-refractivity contribution < 1.29 is 0 Å². The fourth-order valence-electron chi connectivity index (χ4n) is 3.77. The largest absolute Gasteiger partial charge is 0.368 e. The Labute approximate surface area is 120 Å². The number of hydrazine groups is 1. The Hall–Kier alpha value is -1.56. The first-order valence-electron chi connectivity index (χ1n) is 7.07. The van der Waals surface area contributed by atoms with Crippen LogP contribution in [0.1, 0.15) is 47.0 Å². The summed E-state index contributed by atoms with van der Waals surface area (Å²) < 4.78 is 0. The highest BCUT2D eigenvalue weighted by Gasteiger charge is 2.38. The molecule has 0 spiro atoms. The third kappa shape index (κ3) is 3.72. The lowest BCUT2D eigenvalue weighted by Crippen LogP contribution is -2.40. The van der Waals surface area contributed by atoms with Crippen molar-refractivity contribution >= 4 is 17.6 Å². The molecule has 6 heteroatoms. The van der Waals surface area contributed by atoms with Gasteiger partial charge in [-0.15, -0.1) is 0 Å². The number of hydrogen-bond acceptors (Lipinski definition) is 6. The van der Waals surface area contributed by atoms with Crippen LogP contribution in [0.3, 0.4) is 0 Å². The maximum absolute atomic E-state index is 5.69. The van der Waals surface area contributed by atoms with E-state index in [0.717, 1.165) is 18.7 Å². The van der Waals surface area contributed by atoms with Crippen LogP contribution in [0.15, 0.2) is 6.07 Å². The quantitative estimate of drug-likeness (QED) is 0.500. The first kappa shape index (κ1) is 14.8. The third-order valence-electron chi connectivity index (χ3n) is 3.80. The van der Waals surface area contributed by atoms with Gasteiger partial charge in [-0.3, -0.25) is 0 Å². The summed E-state index contributed by atoms with van der Waals surface area (Å²) in [5.74, 6) is 6.85. The zero-order chi connectivity index (χ0) is 15.0. The fourth-order valence-corrected chi connectivity index (χ4v) is 3.77. The fraction of sp³-hybridized carbons (Fsp3) is 0.714. The van der Waals surface area contributed by atoms with Gasteiger partial charge in [0, 0.05) is 12.1 Å². The highest BCUT2D eigenvalue weighted by atomic mass is 15.3. The Kier molecular flexibility index (Phi) is 3.77. The maximum atomic E-state index is 5.69. The van der Waals surface area contributed by atoms with Crippen LogP contribution in [0.4, 0.5) is 17.6 Å². The van der Waals surface area contributed by atoms with E-state index in [1.54, 1.807) is 6.07 Å². The number of rotatable bonds is 3. The van der Waals surface area contributed by atoms with E-state index in [-0.39, 0.29) is 5.95 Å². The molecule has 0 aliphatic heterocycles. The van der Waals surface area contributed by atoms with E-state index in [4.69, 9.17) is 11.6 Å². The average molecular weight is 278 g/mol. The lowest BCUT2D eigenvalue weighted by molar-refractivity contribution is 0.105. The van der Waals surface area contributed by atoms with Crippen molar-refractivity contribution in [3.63, 3.8) is 0 Å². The van der Waals surface area contributed by atoms with Gasteiger partial charge < -0.3 is 16.5 Å². The second kappa shape index (κ2) is 5.09. The molecule has 1 heterocycles. The van der Waals surface area contributed by atoms with Crippen LogP contribution in [0.2, 0.25) is 0 Å². The van der Waals surface area contributed by atoms with E-state index in [2.05, 4.69) is 48.4 Å². The van der Waals surface area contributed by atoms with Crippen molar-refractivity contribution in [2.45, 2.75) is 53.0 Å². The SMILES string of the molecule is CC1(C)CC(Nc2cc(NN)nc(N)n2)CC(C)(C)C1. The van der Waals surface area contributed by atoms with Gasteiger partial charge in [-0.25, -0.2) is 5.84 Å². The Morgan fingerprint density at radius 2 is 1.65 bits per heavy atom. The van der Waals surface area contributed by atoms with Crippen LogP contribution in [0.25, 0.3) is 0 Å². The highest BCUT2D eigenvalue weighted by Crippen LogP contribution is 2.46. The van der Waals surface area contributed by atoms with Crippen molar-refractivity contribution in [2.75, 3.05) is 16.5 Å². The number of nitrogens with one attached hydrogen (secondary N) is 2. The van der Waals surface area contributed by atoms with E-state index in [0.29, 0.717) is 22.7 Å². The summed E-state index contributed by atoms with van der Waals surface area (Å²) in [7, 11) is 0. The first-order chi connectivity index (χ1) is 9.19. The summed E-state index contributed by atoms with van der Waals surface area (Å²) in [4.78, 5) is 8.22. The molecule has 1 saturated carbocycles. The van der Waals surface area contributed by atoms with Gasteiger partial charge in [0.25, 0.3) is 0 Å². The molecule has 1 aliphatic carbocycles. The van der Waals surface area contributed by atoms with Crippen molar-refractivity contribution in [3.8, 4) is 0 Å². The number of nitrogens with two attached hydrogens (primary N) is 2. The van der Waals surface area contributed by atoms with Crippen molar-refractivity contribution in [3.05, 3.63) is 6.07 Å². The van der Waals surface area contributed by atoms with Crippen molar-refractivity contribution in [1.29, 1.82) is 0 Å². The smallest absolute Gasteiger partial charge is 0.223 e. The summed E-state index contributed by atoms with van der Waals surface area (Å²) in [6.45, 7) is 9.29. The van der Waals surface area contributed by atoms with Gasteiger partial charge >= 0.3 is 0 Å². The Bertz CT molecular complexity index is 467. The van der Waals surface area contributed by atoms with Gasteiger partial charge in [-0.1, -0.05) is 27.7 Å². The predicted octanol–water partition coefficient (Wildman–Crippen LogP) is 2.36. The average Bonchev–Trinajstić information content (AvgIpc) is 2.23. The molecule has 0 atom stereocenters. The number of aromatic nitrogens is 2. The maximum Gasteiger partial charge on any atom is 0.223 e. The van der Waals surface area contributed by atoms with Crippen LogP contribution in [0.5, 0.6) is 0 Å². The van der Waals surface area contributed by atoms with E-state index in [1.807, 2.05) is 0 Å². The molecule has 0 amide bonds. The second-order valence-electron chi connectivity index (χ2n) is 7.40. The molecule has 0 radical (unpaired) electrons. The molecule has 112 valence electrons. The van der Waals surface area contributed by atoms with Crippen LogP contribution in [-0.4, -0.2) is 16.0 Å². The van der Waals surface area contributed by atoms with Gasteiger partial charge in [0.1, 0.15) is 11.6 Å². The van der Waals surface area contributed by atoms with Gasteiger partial charge in [0.05, 0.1) is 0 Å². The molecule has 6 N–H and O–H groups in total. The molecule has 0 saturated heterocycles. The van der Waals surface area contributed by atoms with E-state index in [9.17, 15) is 0 Å². The third-order valence-corrected chi connectivity index (χ3v) is 3.80. The van der Waals surface area contributed by atoms with Crippen molar-refractivity contribution in [1.82, 2.24) is 9.97 Å². The van der Waals surface area contributed by atoms with Gasteiger partial charge in [-0.2, -0.15) is 9.97 Å². The molecule has 20 heavy (non-hydrogen) atoms. The number of anilines is 3. The normalized spacial score (nSPS) is 21.4. The van der Waals surface area contributed by atoms with Gasteiger partial charge in [-0.05, 0) is 30.1 Å². The Morgan fingerprint density at radius 3 is 2.20 bits per heavy atom. The monoisotopic (exact) mass is 278 g/mol. The minimum absolute atomic E-state index is 0.220. The Balaban J connectivity index is 2.15. The van der Waals surface area contributed by atoms with Crippen LogP contribution < -0.4 is 22.3 Å². The molecule has 6 nitrogen and oxygen atoms in total. The zero-order valence-electron chi connectivity index (χ0n) is 12.8. The molecule has 2 rings (SSSR count). The molecule has 0 aromatic carbocycles. The molecule has 0 bridgehead atoms. The lowest BCUT2D eigenvalue weighted by atomic mass is 9.63. The minimum atomic E-state index is 0.220. The number of nitrogens with zero attached hydrogens (tertiary/aromatic N) is 2. The molecular weight excluding hydrogens is 252 g/mol. The van der Waals surface area contributed by atoms with E-state index in [1.165, 1.54) is 6.42 Å². The molecule has 1 aliphatic rings. The van der Waals surface area contributed by atoms with Crippen molar-refractivity contribution in [2.24, 2.45) is 16.7 Å². The van der Waals surface area contributed by atoms with E-state index >= 15 is 0 Å². The summed E-state index contributed by atoms with van der Waals surface area (Å²) in [5.41, 5.74) is 8.85. The summed E-state index contributed by atoms with van der Waals surface area (Å²) in [6.07, 6.45) is 3.47.